The van der Waals surface area contributed by atoms with Crippen LogP contribution in [0.25, 0.3) is 34.1 Å². The van der Waals surface area contributed by atoms with E-state index in [-0.39, 0.29) is 0 Å². The normalized spacial score (nSPS) is 11.7. The van der Waals surface area contributed by atoms with Gasteiger partial charge < -0.3 is 5.73 Å². The summed E-state index contributed by atoms with van der Waals surface area (Å²) in [6.45, 7) is 4.07. The topological polar surface area (TPSA) is 86.7 Å². The molecule has 2 aromatic heterocycles. The molecule has 2 heterocycles. The first kappa shape index (κ1) is 17.6. The van der Waals surface area contributed by atoms with Crippen molar-refractivity contribution in [3.8, 4) is 11.4 Å². The lowest BCUT2D eigenvalue weighted by atomic mass is 10.1. The van der Waals surface area contributed by atoms with Crippen LogP contribution in [0.1, 0.15) is 16.7 Å². The van der Waals surface area contributed by atoms with Gasteiger partial charge in [0.25, 0.3) is 5.91 Å². The molecule has 4 aromatic rings. The molecule has 2 N–H and O–H groups in total. The summed E-state index contributed by atoms with van der Waals surface area (Å²) in [5.41, 5.74) is 10.6. The molecule has 0 aliphatic rings. The van der Waals surface area contributed by atoms with E-state index in [1.165, 1.54) is 4.68 Å². The fourth-order valence-corrected chi connectivity index (χ4v) is 3.20. The number of aromatic nitrogens is 4. The summed E-state index contributed by atoms with van der Waals surface area (Å²) in [6.07, 6.45) is 4.78. The van der Waals surface area contributed by atoms with E-state index in [2.05, 4.69) is 21.1 Å². The van der Waals surface area contributed by atoms with Gasteiger partial charge in [-0.25, -0.2) is 9.67 Å². The van der Waals surface area contributed by atoms with E-state index in [0.29, 0.717) is 17.0 Å². The van der Waals surface area contributed by atoms with E-state index < -0.39 is 5.91 Å². The summed E-state index contributed by atoms with van der Waals surface area (Å²) in [4.78, 5) is 20.8. The predicted octanol–water partition coefficient (Wildman–Crippen LogP) is 3.59. The van der Waals surface area contributed by atoms with Gasteiger partial charge in [-0.2, -0.15) is 0 Å². The molecule has 0 saturated heterocycles. The van der Waals surface area contributed by atoms with Gasteiger partial charge >= 0.3 is 0 Å². The van der Waals surface area contributed by atoms with Gasteiger partial charge in [0.1, 0.15) is 6.33 Å². The molecule has 6 heteroatoms. The van der Waals surface area contributed by atoms with Gasteiger partial charge in [0.2, 0.25) is 0 Å². The van der Waals surface area contributed by atoms with Crippen LogP contribution in [0, 0.1) is 13.8 Å². The van der Waals surface area contributed by atoms with E-state index >= 15 is 0 Å². The molecule has 0 aliphatic carbocycles. The fraction of sp³-hybridized carbons (Fsp3) is 0.0909. The Morgan fingerprint density at radius 2 is 1.79 bits per heavy atom. The maximum Gasteiger partial charge on any atom is 0.250 e. The van der Waals surface area contributed by atoms with Crippen molar-refractivity contribution in [3.63, 3.8) is 0 Å². The first-order chi connectivity index (χ1) is 13.5. The van der Waals surface area contributed by atoms with E-state index in [0.717, 1.165) is 27.6 Å². The van der Waals surface area contributed by atoms with E-state index in [1.807, 2.05) is 56.3 Å². The Balaban J connectivity index is 1.74. The van der Waals surface area contributed by atoms with Gasteiger partial charge in [0.15, 0.2) is 5.82 Å². The van der Waals surface area contributed by atoms with Crippen molar-refractivity contribution in [1.29, 1.82) is 0 Å². The molecule has 0 atom stereocenters. The minimum Gasteiger partial charge on any atom is -0.366 e. The van der Waals surface area contributed by atoms with Crippen molar-refractivity contribution in [1.82, 2.24) is 19.7 Å². The highest BCUT2D eigenvalue weighted by Crippen LogP contribution is 2.21. The molecular formula is C22H19N5O. The standard InChI is InChI=1S/C22H19N5O/c1-14-7-15(2)9-17(8-14)22-25-13-27(26-22)12-19(21(23)28)18-10-16-5-3-4-6-20(16)24-11-18/h3-13H,1-2H3,(H2,23,28)/b19-12-. The summed E-state index contributed by atoms with van der Waals surface area (Å²) in [7, 11) is 0. The number of amides is 1. The first-order valence-corrected chi connectivity index (χ1v) is 8.86. The highest BCUT2D eigenvalue weighted by atomic mass is 16.1. The molecule has 4 rings (SSSR count). The van der Waals surface area contributed by atoms with E-state index in [1.54, 1.807) is 18.7 Å². The second-order valence-corrected chi connectivity index (χ2v) is 6.75. The summed E-state index contributed by atoms with van der Waals surface area (Å²) < 4.78 is 1.50. The van der Waals surface area contributed by atoms with Gasteiger partial charge in [-0.05, 0) is 38.1 Å². The smallest absolute Gasteiger partial charge is 0.250 e. The zero-order valence-corrected chi connectivity index (χ0v) is 15.6. The zero-order valence-electron chi connectivity index (χ0n) is 15.6. The average molecular weight is 369 g/mol. The molecule has 0 radical (unpaired) electrons. The lowest BCUT2D eigenvalue weighted by molar-refractivity contribution is -0.112. The van der Waals surface area contributed by atoms with Crippen LogP contribution in [-0.2, 0) is 4.79 Å². The van der Waals surface area contributed by atoms with Gasteiger partial charge in [-0.15, -0.1) is 5.10 Å². The number of nitrogens with two attached hydrogens (primary N) is 1. The number of rotatable bonds is 4. The van der Waals surface area contributed by atoms with Crippen LogP contribution in [0.4, 0.5) is 0 Å². The molecular weight excluding hydrogens is 350 g/mol. The number of nitrogens with zero attached hydrogens (tertiary/aromatic N) is 4. The minimum absolute atomic E-state index is 0.315. The SMILES string of the molecule is Cc1cc(C)cc(-c2ncn(/C=C(\C(N)=O)c3cnc4ccccc4c3)n2)c1. The number of pyridine rings is 1. The Morgan fingerprint density at radius 3 is 2.54 bits per heavy atom. The van der Waals surface area contributed by atoms with Crippen LogP contribution in [0.5, 0.6) is 0 Å². The molecule has 28 heavy (non-hydrogen) atoms. The Bertz CT molecular complexity index is 1200. The largest absolute Gasteiger partial charge is 0.366 e. The average Bonchev–Trinajstić information content (AvgIpc) is 3.13. The molecule has 0 bridgehead atoms. The molecule has 1 amide bonds. The van der Waals surface area contributed by atoms with Crippen LogP contribution >= 0.6 is 0 Å². The molecule has 6 nitrogen and oxygen atoms in total. The molecule has 0 fully saturated rings. The third-order valence-corrected chi connectivity index (χ3v) is 4.42. The quantitative estimate of drug-likeness (QED) is 0.557. The third-order valence-electron chi connectivity index (χ3n) is 4.42. The van der Waals surface area contributed by atoms with Crippen molar-refractivity contribution in [3.05, 3.63) is 77.7 Å². The second-order valence-electron chi connectivity index (χ2n) is 6.75. The Kier molecular flexibility index (Phi) is 4.45. The van der Waals surface area contributed by atoms with E-state index in [9.17, 15) is 4.79 Å². The number of para-hydroxylation sites is 1. The van der Waals surface area contributed by atoms with Gasteiger partial charge in [-0.1, -0.05) is 35.4 Å². The number of hydrogen-bond acceptors (Lipinski definition) is 4. The van der Waals surface area contributed by atoms with Crippen molar-refractivity contribution >= 4 is 28.6 Å². The van der Waals surface area contributed by atoms with Crippen LogP contribution in [-0.4, -0.2) is 25.7 Å². The Morgan fingerprint density at radius 1 is 1.04 bits per heavy atom. The second kappa shape index (κ2) is 7.08. The maximum atomic E-state index is 12.1. The van der Waals surface area contributed by atoms with Crippen molar-refractivity contribution in [2.24, 2.45) is 5.73 Å². The lowest BCUT2D eigenvalue weighted by Gasteiger charge is -2.05. The van der Waals surface area contributed by atoms with Gasteiger partial charge in [0, 0.05) is 28.9 Å². The fourth-order valence-electron chi connectivity index (χ4n) is 3.20. The number of carbonyl (C=O) groups excluding carboxylic acids is 1. The molecule has 0 aliphatic heterocycles. The number of fused-ring (bicyclic) bond motifs is 1. The van der Waals surface area contributed by atoms with Crippen molar-refractivity contribution < 1.29 is 4.79 Å². The minimum atomic E-state index is -0.555. The summed E-state index contributed by atoms with van der Waals surface area (Å²) in [5.74, 6) is 0.0315. The third kappa shape index (κ3) is 3.53. The highest BCUT2D eigenvalue weighted by Gasteiger charge is 2.12. The Hall–Kier alpha value is -3.80. The van der Waals surface area contributed by atoms with Crippen molar-refractivity contribution in [2.45, 2.75) is 13.8 Å². The van der Waals surface area contributed by atoms with Crippen LogP contribution < -0.4 is 5.73 Å². The zero-order chi connectivity index (χ0) is 19.7. The number of primary amides is 1. The van der Waals surface area contributed by atoms with Crippen LogP contribution in [0.15, 0.2) is 61.1 Å². The summed E-state index contributed by atoms with van der Waals surface area (Å²) in [6, 6.07) is 15.7. The monoisotopic (exact) mass is 369 g/mol. The molecule has 138 valence electrons. The van der Waals surface area contributed by atoms with Crippen molar-refractivity contribution in [2.75, 3.05) is 0 Å². The molecule has 0 spiro atoms. The maximum absolute atomic E-state index is 12.1. The van der Waals surface area contributed by atoms with Crippen LogP contribution in [0.2, 0.25) is 0 Å². The number of aryl methyl sites for hydroxylation is 2. The lowest BCUT2D eigenvalue weighted by Crippen LogP contribution is -2.14. The Labute approximate surface area is 162 Å². The van der Waals surface area contributed by atoms with E-state index in [4.69, 9.17) is 5.73 Å². The predicted molar refractivity (Wildman–Crippen MR) is 110 cm³/mol. The van der Waals surface area contributed by atoms with Crippen LogP contribution in [0.3, 0.4) is 0 Å². The molecule has 0 unspecified atom stereocenters. The summed E-state index contributed by atoms with van der Waals surface area (Å²) in [5, 5.41) is 5.41. The highest BCUT2D eigenvalue weighted by molar-refractivity contribution is 6.22. The summed E-state index contributed by atoms with van der Waals surface area (Å²) >= 11 is 0. The molecule has 2 aromatic carbocycles. The van der Waals surface area contributed by atoms with Gasteiger partial charge in [-0.3, -0.25) is 9.78 Å². The first-order valence-electron chi connectivity index (χ1n) is 8.86. The number of hydrogen-bond donors (Lipinski definition) is 1. The number of benzene rings is 2. The van der Waals surface area contributed by atoms with Gasteiger partial charge in [0.05, 0.1) is 11.1 Å². The molecule has 0 saturated carbocycles. The number of carbonyl (C=O) groups is 1.